The zero-order valence-electron chi connectivity index (χ0n) is 14.9. The quantitative estimate of drug-likeness (QED) is 0.772. The number of aliphatic carboxylic acids is 1. The van der Waals surface area contributed by atoms with Crippen LogP contribution in [0.25, 0.3) is 10.6 Å². The first kappa shape index (κ1) is 18.4. The minimum absolute atomic E-state index is 0.0393. The first-order valence-corrected chi connectivity index (χ1v) is 9.49. The molecule has 26 heavy (non-hydrogen) atoms. The summed E-state index contributed by atoms with van der Waals surface area (Å²) < 4.78 is 5.44. The number of aryl methyl sites for hydroxylation is 1. The Morgan fingerprint density at radius 1 is 1.31 bits per heavy atom. The Hall–Kier alpha value is -2.41. The van der Waals surface area contributed by atoms with Crippen LogP contribution in [-0.2, 0) is 4.79 Å². The summed E-state index contributed by atoms with van der Waals surface area (Å²) in [6.45, 7) is 4.34. The number of ether oxygens (including phenoxy) is 1. The number of carboxylic acids is 1. The summed E-state index contributed by atoms with van der Waals surface area (Å²) in [5, 5.41) is 12.8. The van der Waals surface area contributed by atoms with E-state index in [1.807, 2.05) is 31.2 Å². The highest BCUT2D eigenvalue weighted by molar-refractivity contribution is 7.17. The summed E-state index contributed by atoms with van der Waals surface area (Å²) in [4.78, 5) is 28.8. The van der Waals surface area contributed by atoms with Gasteiger partial charge in [-0.2, -0.15) is 0 Å². The van der Waals surface area contributed by atoms with Crippen molar-refractivity contribution in [1.29, 1.82) is 0 Å². The molecule has 1 saturated carbocycles. The first-order valence-electron chi connectivity index (χ1n) is 8.67. The zero-order chi connectivity index (χ0) is 18.7. The molecule has 1 fully saturated rings. The molecule has 2 N–H and O–H groups in total. The van der Waals surface area contributed by atoms with Crippen molar-refractivity contribution in [2.45, 2.75) is 45.1 Å². The fourth-order valence-corrected chi connectivity index (χ4v) is 4.09. The second kappa shape index (κ2) is 7.45. The second-order valence-corrected chi connectivity index (χ2v) is 7.55. The van der Waals surface area contributed by atoms with Gasteiger partial charge in [-0.15, -0.1) is 11.3 Å². The highest BCUT2D eigenvalue weighted by Gasteiger charge is 2.41. The van der Waals surface area contributed by atoms with Crippen LogP contribution in [0, 0.1) is 6.92 Å². The number of amides is 1. The molecule has 0 aliphatic heterocycles. The van der Waals surface area contributed by atoms with Gasteiger partial charge in [0.2, 0.25) is 0 Å². The van der Waals surface area contributed by atoms with Crippen molar-refractivity contribution in [3.8, 4) is 16.3 Å². The Bertz CT molecular complexity index is 809. The fourth-order valence-electron chi connectivity index (χ4n) is 3.13. The molecule has 138 valence electrons. The van der Waals surface area contributed by atoms with E-state index < -0.39 is 11.5 Å². The number of aromatic nitrogens is 1. The van der Waals surface area contributed by atoms with E-state index in [2.05, 4.69) is 10.3 Å². The third-order valence-electron chi connectivity index (χ3n) is 4.59. The smallest absolute Gasteiger partial charge is 0.305 e. The van der Waals surface area contributed by atoms with Crippen LogP contribution in [0.5, 0.6) is 5.75 Å². The van der Waals surface area contributed by atoms with Crippen LogP contribution in [0.1, 0.15) is 48.0 Å². The maximum atomic E-state index is 12.7. The average molecular weight is 374 g/mol. The highest BCUT2D eigenvalue weighted by Crippen LogP contribution is 2.36. The van der Waals surface area contributed by atoms with E-state index in [1.54, 1.807) is 6.92 Å². The third kappa shape index (κ3) is 3.88. The van der Waals surface area contributed by atoms with Gasteiger partial charge in [0.05, 0.1) is 24.3 Å². The van der Waals surface area contributed by atoms with Gasteiger partial charge in [-0.25, -0.2) is 4.98 Å². The lowest BCUT2D eigenvalue weighted by Crippen LogP contribution is -2.54. The summed E-state index contributed by atoms with van der Waals surface area (Å²) in [6, 6.07) is 7.60. The minimum Gasteiger partial charge on any atom is -0.494 e. The molecule has 3 rings (SSSR count). The number of carbonyl (C=O) groups excluding carboxylic acids is 1. The van der Waals surface area contributed by atoms with E-state index in [-0.39, 0.29) is 12.3 Å². The van der Waals surface area contributed by atoms with E-state index >= 15 is 0 Å². The van der Waals surface area contributed by atoms with Crippen LogP contribution >= 0.6 is 11.3 Å². The van der Waals surface area contributed by atoms with Crippen molar-refractivity contribution in [1.82, 2.24) is 10.3 Å². The molecule has 6 nitrogen and oxygen atoms in total. The third-order valence-corrected chi connectivity index (χ3v) is 5.80. The SMILES string of the molecule is CCOc1ccc(-c2nc(C)c(C(=O)NC3(CC(=O)O)CCC3)s2)cc1. The van der Waals surface area contributed by atoms with Gasteiger partial charge in [-0.1, -0.05) is 0 Å². The molecule has 0 bridgehead atoms. The molecule has 1 aromatic heterocycles. The Balaban J connectivity index is 1.77. The maximum absolute atomic E-state index is 12.7. The van der Waals surface area contributed by atoms with Gasteiger partial charge in [0.25, 0.3) is 5.91 Å². The van der Waals surface area contributed by atoms with E-state index in [4.69, 9.17) is 9.84 Å². The number of benzene rings is 1. The molecule has 0 radical (unpaired) electrons. The number of nitrogens with one attached hydrogen (secondary N) is 1. The van der Waals surface area contributed by atoms with Crippen LogP contribution in [0.3, 0.4) is 0 Å². The van der Waals surface area contributed by atoms with Gasteiger partial charge in [0.1, 0.15) is 15.6 Å². The Morgan fingerprint density at radius 3 is 2.54 bits per heavy atom. The molecule has 0 unspecified atom stereocenters. The molecule has 7 heteroatoms. The van der Waals surface area contributed by atoms with Gasteiger partial charge in [0.15, 0.2) is 0 Å². The Morgan fingerprint density at radius 2 is 2.00 bits per heavy atom. The molecular formula is C19H22N2O4S. The van der Waals surface area contributed by atoms with Crippen molar-refractivity contribution < 1.29 is 19.4 Å². The molecule has 1 aliphatic rings. The lowest BCUT2D eigenvalue weighted by molar-refractivity contribution is -0.139. The number of hydrogen-bond acceptors (Lipinski definition) is 5. The van der Waals surface area contributed by atoms with Crippen LogP contribution in [-0.4, -0.2) is 34.1 Å². The number of carbonyl (C=O) groups is 2. The lowest BCUT2D eigenvalue weighted by atomic mass is 9.74. The Labute approximate surface area is 156 Å². The van der Waals surface area contributed by atoms with Crippen molar-refractivity contribution in [3.63, 3.8) is 0 Å². The lowest BCUT2D eigenvalue weighted by Gasteiger charge is -2.41. The predicted molar refractivity (Wildman–Crippen MR) is 99.8 cm³/mol. The molecular weight excluding hydrogens is 352 g/mol. The molecule has 1 amide bonds. The summed E-state index contributed by atoms with van der Waals surface area (Å²) in [5.74, 6) is -0.331. The van der Waals surface area contributed by atoms with Crippen molar-refractivity contribution in [2.75, 3.05) is 6.61 Å². The number of nitrogens with zero attached hydrogens (tertiary/aromatic N) is 1. The van der Waals surface area contributed by atoms with Crippen LogP contribution in [0.4, 0.5) is 0 Å². The number of rotatable bonds is 7. The van der Waals surface area contributed by atoms with Gasteiger partial charge in [-0.3, -0.25) is 9.59 Å². The zero-order valence-corrected chi connectivity index (χ0v) is 15.7. The minimum atomic E-state index is -0.888. The van der Waals surface area contributed by atoms with Crippen molar-refractivity contribution in [2.24, 2.45) is 0 Å². The molecule has 1 aliphatic carbocycles. The average Bonchev–Trinajstić information content (AvgIpc) is 2.95. The largest absolute Gasteiger partial charge is 0.494 e. The topological polar surface area (TPSA) is 88.5 Å². The number of thiazole rings is 1. The van der Waals surface area contributed by atoms with Crippen LogP contribution in [0.15, 0.2) is 24.3 Å². The van der Waals surface area contributed by atoms with Gasteiger partial charge < -0.3 is 15.2 Å². The highest BCUT2D eigenvalue weighted by atomic mass is 32.1. The summed E-state index contributed by atoms with van der Waals surface area (Å²) in [6.07, 6.45) is 2.30. The molecule has 1 aromatic carbocycles. The van der Waals surface area contributed by atoms with Crippen LogP contribution < -0.4 is 10.1 Å². The standard InChI is InChI=1S/C19H22N2O4S/c1-3-25-14-7-5-13(6-8-14)18-20-12(2)16(26-18)17(24)21-19(9-4-10-19)11-15(22)23/h5-8H,3-4,9-11H2,1-2H3,(H,21,24)(H,22,23). The first-order chi connectivity index (χ1) is 12.4. The van der Waals surface area contributed by atoms with Gasteiger partial charge in [0, 0.05) is 5.56 Å². The van der Waals surface area contributed by atoms with E-state index in [1.165, 1.54) is 11.3 Å². The van der Waals surface area contributed by atoms with E-state index in [0.29, 0.717) is 30.0 Å². The number of hydrogen-bond donors (Lipinski definition) is 2. The van der Waals surface area contributed by atoms with Crippen LogP contribution in [0.2, 0.25) is 0 Å². The second-order valence-electron chi connectivity index (χ2n) is 6.55. The van der Waals surface area contributed by atoms with Crippen molar-refractivity contribution >= 4 is 23.2 Å². The molecule has 0 atom stereocenters. The maximum Gasteiger partial charge on any atom is 0.305 e. The fraction of sp³-hybridized carbons (Fsp3) is 0.421. The molecule has 2 aromatic rings. The molecule has 0 spiro atoms. The molecule has 1 heterocycles. The van der Waals surface area contributed by atoms with E-state index in [9.17, 15) is 9.59 Å². The summed E-state index contributed by atoms with van der Waals surface area (Å²) in [7, 11) is 0. The summed E-state index contributed by atoms with van der Waals surface area (Å²) >= 11 is 1.32. The monoisotopic (exact) mass is 374 g/mol. The Kier molecular flexibility index (Phi) is 5.27. The van der Waals surface area contributed by atoms with Crippen molar-refractivity contribution in [3.05, 3.63) is 34.8 Å². The molecule has 0 saturated heterocycles. The van der Waals surface area contributed by atoms with Gasteiger partial charge in [-0.05, 0) is 57.4 Å². The summed E-state index contributed by atoms with van der Waals surface area (Å²) in [5.41, 5.74) is 0.962. The number of carboxylic acid groups (broad SMARTS) is 1. The van der Waals surface area contributed by atoms with Gasteiger partial charge >= 0.3 is 5.97 Å². The normalized spacial score (nSPS) is 15.2. The predicted octanol–water partition coefficient (Wildman–Crippen LogP) is 3.64. The van der Waals surface area contributed by atoms with E-state index in [0.717, 1.165) is 22.7 Å².